The minimum absolute atomic E-state index is 0.102. The van der Waals surface area contributed by atoms with E-state index < -0.39 is 0 Å². The van der Waals surface area contributed by atoms with Crippen LogP contribution < -0.4 is 10.9 Å². The van der Waals surface area contributed by atoms with Crippen LogP contribution in [-0.4, -0.2) is 46.3 Å². The van der Waals surface area contributed by atoms with Crippen molar-refractivity contribution in [2.75, 3.05) is 19.6 Å². The third-order valence-electron chi connectivity index (χ3n) is 4.89. The minimum atomic E-state index is -0.129. The van der Waals surface area contributed by atoms with Crippen LogP contribution in [0.25, 0.3) is 10.8 Å². The number of nitrogens with one attached hydrogen (secondary N) is 1. The highest BCUT2D eigenvalue weighted by Crippen LogP contribution is 2.17. The lowest BCUT2D eigenvalue weighted by molar-refractivity contribution is -0.133. The van der Waals surface area contributed by atoms with E-state index in [1.807, 2.05) is 23.1 Å². The molecule has 1 N–H and O–H groups in total. The van der Waals surface area contributed by atoms with Crippen molar-refractivity contribution in [1.82, 2.24) is 20.0 Å². The maximum atomic E-state index is 13.0. The summed E-state index contributed by atoms with van der Waals surface area (Å²) in [4.78, 5) is 27.3. The van der Waals surface area contributed by atoms with Gasteiger partial charge in [0.05, 0.1) is 17.5 Å². The molecule has 0 atom stereocenters. The van der Waals surface area contributed by atoms with Crippen LogP contribution in [0, 0.1) is 0 Å². The summed E-state index contributed by atoms with van der Waals surface area (Å²) >= 11 is 0. The number of carbonyl (C=O) groups is 1. The molecule has 3 rings (SSSR count). The van der Waals surface area contributed by atoms with Gasteiger partial charge in [0.1, 0.15) is 0 Å². The zero-order chi connectivity index (χ0) is 17.8. The summed E-state index contributed by atoms with van der Waals surface area (Å²) in [5.41, 5.74) is 0.549. The first-order valence-electron chi connectivity index (χ1n) is 9.07. The number of rotatable bonds is 5. The van der Waals surface area contributed by atoms with Crippen molar-refractivity contribution in [3.05, 3.63) is 40.3 Å². The lowest BCUT2D eigenvalue weighted by Crippen LogP contribution is -2.47. The molecule has 1 aromatic carbocycles. The van der Waals surface area contributed by atoms with E-state index in [0.29, 0.717) is 17.1 Å². The Morgan fingerprint density at radius 3 is 2.64 bits per heavy atom. The SMILES string of the molecule is CCCN(C(=O)Cc1nn(C)c(=O)c2ccccc12)C1CCNCC1. The van der Waals surface area contributed by atoms with E-state index in [1.54, 1.807) is 13.1 Å². The first kappa shape index (κ1) is 17.6. The maximum Gasteiger partial charge on any atom is 0.274 e. The number of amides is 1. The number of benzene rings is 1. The van der Waals surface area contributed by atoms with Gasteiger partial charge in [0.15, 0.2) is 0 Å². The lowest BCUT2D eigenvalue weighted by Gasteiger charge is -2.34. The standard InChI is InChI=1S/C19H26N4O2/c1-3-12-23(14-8-10-20-11-9-14)18(24)13-17-15-6-4-5-7-16(15)19(25)22(2)21-17/h4-7,14,20H,3,8-13H2,1-2H3. The fourth-order valence-electron chi connectivity index (χ4n) is 3.62. The molecule has 1 amide bonds. The second-order valence-corrected chi connectivity index (χ2v) is 6.67. The molecule has 6 heteroatoms. The van der Waals surface area contributed by atoms with Gasteiger partial charge in [0, 0.05) is 25.0 Å². The van der Waals surface area contributed by atoms with Crippen LogP contribution in [-0.2, 0) is 18.3 Å². The highest BCUT2D eigenvalue weighted by Gasteiger charge is 2.25. The van der Waals surface area contributed by atoms with Crippen molar-refractivity contribution < 1.29 is 4.79 Å². The van der Waals surface area contributed by atoms with Crippen molar-refractivity contribution in [2.45, 2.75) is 38.6 Å². The van der Waals surface area contributed by atoms with E-state index in [1.165, 1.54) is 4.68 Å². The Kier molecular flexibility index (Phi) is 5.48. The van der Waals surface area contributed by atoms with Gasteiger partial charge in [-0.3, -0.25) is 9.59 Å². The Morgan fingerprint density at radius 2 is 1.96 bits per heavy atom. The molecule has 0 aliphatic carbocycles. The van der Waals surface area contributed by atoms with Crippen molar-refractivity contribution in [1.29, 1.82) is 0 Å². The Hall–Kier alpha value is -2.21. The van der Waals surface area contributed by atoms with Gasteiger partial charge < -0.3 is 10.2 Å². The van der Waals surface area contributed by atoms with Crippen LogP contribution in [0.1, 0.15) is 31.9 Å². The van der Waals surface area contributed by atoms with E-state index in [-0.39, 0.29) is 17.9 Å². The summed E-state index contributed by atoms with van der Waals surface area (Å²) in [6.07, 6.45) is 3.16. The van der Waals surface area contributed by atoms with Crippen LogP contribution in [0.4, 0.5) is 0 Å². The van der Waals surface area contributed by atoms with Gasteiger partial charge in [-0.25, -0.2) is 4.68 Å². The average Bonchev–Trinajstić information content (AvgIpc) is 2.64. The zero-order valence-corrected chi connectivity index (χ0v) is 15.0. The second kappa shape index (κ2) is 7.78. The molecule has 1 aromatic heterocycles. The summed E-state index contributed by atoms with van der Waals surface area (Å²) in [5.74, 6) is 0.102. The summed E-state index contributed by atoms with van der Waals surface area (Å²) in [7, 11) is 1.64. The van der Waals surface area contributed by atoms with Crippen LogP contribution in [0.3, 0.4) is 0 Å². The van der Waals surface area contributed by atoms with Gasteiger partial charge >= 0.3 is 0 Å². The maximum absolute atomic E-state index is 13.0. The summed E-state index contributed by atoms with van der Waals surface area (Å²) < 4.78 is 1.33. The lowest BCUT2D eigenvalue weighted by atomic mass is 10.0. The molecular formula is C19H26N4O2. The first-order valence-corrected chi connectivity index (χ1v) is 9.07. The number of piperidine rings is 1. The molecule has 1 saturated heterocycles. The van der Waals surface area contributed by atoms with E-state index in [4.69, 9.17) is 0 Å². The van der Waals surface area contributed by atoms with Crippen LogP contribution >= 0.6 is 0 Å². The minimum Gasteiger partial charge on any atom is -0.339 e. The number of fused-ring (bicyclic) bond motifs is 1. The molecule has 0 bridgehead atoms. The van der Waals surface area contributed by atoms with Gasteiger partial charge in [0.2, 0.25) is 5.91 Å². The number of hydrogen-bond acceptors (Lipinski definition) is 4. The van der Waals surface area contributed by atoms with Crippen LogP contribution in [0.15, 0.2) is 29.1 Å². The Labute approximate surface area is 147 Å². The predicted molar refractivity (Wildman–Crippen MR) is 98.6 cm³/mol. The quantitative estimate of drug-likeness (QED) is 0.893. The average molecular weight is 342 g/mol. The fraction of sp³-hybridized carbons (Fsp3) is 0.526. The van der Waals surface area contributed by atoms with Crippen LogP contribution in [0.2, 0.25) is 0 Å². The number of nitrogens with zero attached hydrogens (tertiary/aromatic N) is 3. The molecule has 1 aliphatic rings. The van der Waals surface area contributed by atoms with Crippen molar-refractivity contribution in [3.63, 3.8) is 0 Å². The summed E-state index contributed by atoms with van der Waals surface area (Å²) in [6, 6.07) is 7.69. The van der Waals surface area contributed by atoms with Gasteiger partial charge in [-0.15, -0.1) is 0 Å². The summed E-state index contributed by atoms with van der Waals surface area (Å²) in [5, 5.41) is 9.12. The fourth-order valence-corrected chi connectivity index (χ4v) is 3.62. The molecule has 25 heavy (non-hydrogen) atoms. The van der Waals surface area contributed by atoms with E-state index in [0.717, 1.165) is 44.3 Å². The Balaban J connectivity index is 1.89. The highest BCUT2D eigenvalue weighted by molar-refractivity contribution is 5.88. The topological polar surface area (TPSA) is 67.2 Å². The van der Waals surface area contributed by atoms with Gasteiger partial charge in [-0.05, 0) is 38.4 Å². The van der Waals surface area contributed by atoms with Gasteiger partial charge in [0.25, 0.3) is 5.56 Å². The number of aryl methyl sites for hydroxylation is 1. The number of aromatic nitrogens is 2. The third-order valence-corrected chi connectivity index (χ3v) is 4.89. The molecule has 1 aliphatic heterocycles. The summed E-state index contributed by atoms with van der Waals surface area (Å²) in [6.45, 7) is 4.78. The largest absolute Gasteiger partial charge is 0.339 e. The normalized spacial score (nSPS) is 15.4. The molecule has 1 fully saturated rings. The monoisotopic (exact) mass is 342 g/mol. The van der Waals surface area contributed by atoms with Crippen molar-refractivity contribution in [3.8, 4) is 0 Å². The predicted octanol–water partition coefficient (Wildman–Crippen LogP) is 1.47. The van der Waals surface area contributed by atoms with Gasteiger partial charge in [-0.2, -0.15) is 5.10 Å². The molecular weight excluding hydrogens is 316 g/mol. The van der Waals surface area contributed by atoms with E-state index >= 15 is 0 Å². The molecule has 0 unspecified atom stereocenters. The molecule has 2 heterocycles. The molecule has 2 aromatic rings. The van der Waals surface area contributed by atoms with Crippen LogP contribution in [0.5, 0.6) is 0 Å². The molecule has 0 spiro atoms. The Morgan fingerprint density at radius 1 is 1.28 bits per heavy atom. The molecule has 0 saturated carbocycles. The van der Waals surface area contributed by atoms with Gasteiger partial charge in [-0.1, -0.05) is 25.1 Å². The van der Waals surface area contributed by atoms with E-state index in [9.17, 15) is 9.59 Å². The zero-order valence-electron chi connectivity index (χ0n) is 15.0. The first-order chi connectivity index (χ1) is 12.1. The second-order valence-electron chi connectivity index (χ2n) is 6.67. The molecule has 6 nitrogen and oxygen atoms in total. The van der Waals surface area contributed by atoms with Crippen molar-refractivity contribution >= 4 is 16.7 Å². The van der Waals surface area contributed by atoms with E-state index in [2.05, 4.69) is 17.3 Å². The highest BCUT2D eigenvalue weighted by atomic mass is 16.2. The third kappa shape index (κ3) is 3.74. The number of carbonyl (C=O) groups excluding carboxylic acids is 1. The molecule has 0 radical (unpaired) electrons. The van der Waals surface area contributed by atoms with Crippen molar-refractivity contribution in [2.24, 2.45) is 7.05 Å². The smallest absolute Gasteiger partial charge is 0.274 e. The number of hydrogen-bond donors (Lipinski definition) is 1. The Bertz CT molecular complexity index is 809. The molecule has 134 valence electrons.